The van der Waals surface area contributed by atoms with Gasteiger partial charge in [-0.2, -0.15) is 5.10 Å². The van der Waals surface area contributed by atoms with Gasteiger partial charge in [0.2, 0.25) is 5.91 Å². The van der Waals surface area contributed by atoms with Gasteiger partial charge in [0, 0.05) is 18.0 Å². The number of sulfone groups is 1. The van der Waals surface area contributed by atoms with E-state index in [-0.39, 0.29) is 23.6 Å². The van der Waals surface area contributed by atoms with Gasteiger partial charge in [0.25, 0.3) is 0 Å². The summed E-state index contributed by atoms with van der Waals surface area (Å²) in [5.74, 6) is -0.602. The van der Waals surface area contributed by atoms with Crippen LogP contribution >= 0.6 is 0 Å². The molecule has 0 aliphatic carbocycles. The predicted octanol–water partition coefficient (Wildman–Crippen LogP) is 1.52. The molecule has 0 radical (unpaired) electrons. The topological polar surface area (TPSA) is 81.1 Å². The third-order valence-corrected chi connectivity index (χ3v) is 3.70. The van der Waals surface area contributed by atoms with E-state index in [0.29, 0.717) is 5.69 Å². The van der Waals surface area contributed by atoms with Crippen molar-refractivity contribution in [2.75, 3.05) is 11.1 Å². The zero-order valence-corrected chi connectivity index (χ0v) is 12.2. The standard InChI is InChI=1S/C12H19N3O3S/c1-5-19(17,18)7-6-11(16)14-10-8-13-15(9-10)12(2,3)4/h5,8-9H,1,6-7H2,2-4H3,(H,14,16). The van der Waals surface area contributed by atoms with Crippen molar-refractivity contribution in [1.29, 1.82) is 0 Å². The summed E-state index contributed by atoms with van der Waals surface area (Å²) < 4.78 is 24.1. The lowest BCUT2D eigenvalue weighted by Crippen LogP contribution is -2.22. The van der Waals surface area contributed by atoms with E-state index in [1.807, 2.05) is 20.8 Å². The molecule has 1 amide bonds. The van der Waals surface area contributed by atoms with E-state index >= 15 is 0 Å². The van der Waals surface area contributed by atoms with Crippen molar-refractivity contribution in [2.24, 2.45) is 0 Å². The normalized spacial score (nSPS) is 12.2. The minimum absolute atomic E-state index is 0.102. The molecule has 1 aromatic rings. The van der Waals surface area contributed by atoms with Crippen LogP contribution in [0.2, 0.25) is 0 Å². The highest BCUT2D eigenvalue weighted by Gasteiger charge is 2.15. The summed E-state index contributed by atoms with van der Waals surface area (Å²) in [6.45, 7) is 9.16. The Labute approximate surface area is 113 Å². The lowest BCUT2D eigenvalue weighted by molar-refractivity contribution is -0.115. The van der Waals surface area contributed by atoms with Gasteiger partial charge in [-0.15, -0.1) is 0 Å². The number of hydrogen-bond acceptors (Lipinski definition) is 4. The number of carbonyl (C=O) groups excluding carboxylic acids is 1. The Morgan fingerprint density at radius 3 is 2.63 bits per heavy atom. The summed E-state index contributed by atoms with van der Waals surface area (Å²) >= 11 is 0. The molecule has 106 valence electrons. The van der Waals surface area contributed by atoms with Gasteiger partial charge in [0.05, 0.1) is 23.2 Å². The van der Waals surface area contributed by atoms with Gasteiger partial charge < -0.3 is 5.32 Å². The first-order valence-electron chi connectivity index (χ1n) is 5.84. The van der Waals surface area contributed by atoms with E-state index in [0.717, 1.165) is 5.41 Å². The zero-order valence-electron chi connectivity index (χ0n) is 11.4. The van der Waals surface area contributed by atoms with Crippen LogP contribution in [0, 0.1) is 0 Å². The van der Waals surface area contributed by atoms with Crippen LogP contribution in [-0.4, -0.2) is 29.9 Å². The molecule has 0 saturated carbocycles. The summed E-state index contributed by atoms with van der Waals surface area (Å²) in [5, 5.41) is 7.60. The van der Waals surface area contributed by atoms with Crippen molar-refractivity contribution in [3.8, 4) is 0 Å². The van der Waals surface area contributed by atoms with Crippen LogP contribution < -0.4 is 5.32 Å². The molecule has 0 fully saturated rings. The maximum absolute atomic E-state index is 11.6. The molecule has 0 unspecified atom stereocenters. The molecular weight excluding hydrogens is 266 g/mol. The van der Waals surface area contributed by atoms with E-state index in [1.54, 1.807) is 10.9 Å². The van der Waals surface area contributed by atoms with Gasteiger partial charge in [0.1, 0.15) is 0 Å². The Morgan fingerprint density at radius 2 is 2.16 bits per heavy atom. The monoisotopic (exact) mass is 285 g/mol. The van der Waals surface area contributed by atoms with Crippen molar-refractivity contribution >= 4 is 21.4 Å². The van der Waals surface area contributed by atoms with E-state index in [9.17, 15) is 13.2 Å². The van der Waals surface area contributed by atoms with E-state index in [2.05, 4.69) is 17.0 Å². The van der Waals surface area contributed by atoms with E-state index in [1.165, 1.54) is 6.20 Å². The average Bonchev–Trinajstić information content (AvgIpc) is 2.75. The SMILES string of the molecule is C=CS(=O)(=O)CCC(=O)Nc1cnn(C(C)(C)C)c1. The van der Waals surface area contributed by atoms with Gasteiger partial charge in [-0.3, -0.25) is 9.48 Å². The quantitative estimate of drug-likeness (QED) is 0.889. The van der Waals surface area contributed by atoms with E-state index < -0.39 is 9.84 Å². The second kappa shape index (κ2) is 5.56. The van der Waals surface area contributed by atoms with Crippen molar-refractivity contribution in [1.82, 2.24) is 9.78 Å². The molecular formula is C12H19N3O3S. The second-order valence-electron chi connectivity index (χ2n) is 5.18. The molecule has 1 heterocycles. The summed E-state index contributed by atoms with van der Waals surface area (Å²) in [6.07, 6.45) is 3.14. The van der Waals surface area contributed by atoms with Crippen LogP contribution in [0.4, 0.5) is 5.69 Å². The molecule has 6 nitrogen and oxygen atoms in total. The third-order valence-electron chi connectivity index (χ3n) is 2.42. The lowest BCUT2D eigenvalue weighted by Gasteiger charge is -2.18. The Balaban J connectivity index is 2.59. The second-order valence-corrected chi connectivity index (χ2v) is 7.24. The van der Waals surface area contributed by atoms with Gasteiger partial charge in [-0.05, 0) is 20.8 Å². The van der Waals surface area contributed by atoms with Gasteiger partial charge in [-0.1, -0.05) is 6.58 Å². The number of nitrogens with one attached hydrogen (secondary N) is 1. The van der Waals surface area contributed by atoms with Gasteiger partial charge >= 0.3 is 0 Å². The number of nitrogens with zero attached hydrogens (tertiary/aromatic N) is 2. The van der Waals surface area contributed by atoms with Crippen molar-refractivity contribution in [2.45, 2.75) is 32.7 Å². The molecule has 0 saturated heterocycles. The van der Waals surface area contributed by atoms with Gasteiger partial charge in [0.15, 0.2) is 9.84 Å². The molecule has 19 heavy (non-hydrogen) atoms. The molecule has 0 aromatic carbocycles. The van der Waals surface area contributed by atoms with Crippen LogP contribution in [-0.2, 0) is 20.2 Å². The molecule has 1 aromatic heterocycles. The third kappa shape index (κ3) is 4.86. The first-order chi connectivity index (χ1) is 8.64. The average molecular weight is 285 g/mol. The first-order valence-corrected chi connectivity index (χ1v) is 7.56. The summed E-state index contributed by atoms with van der Waals surface area (Å²) in [7, 11) is -3.34. The first kappa shape index (κ1) is 15.4. The van der Waals surface area contributed by atoms with Crippen LogP contribution in [0.25, 0.3) is 0 Å². The largest absolute Gasteiger partial charge is 0.323 e. The number of carbonyl (C=O) groups is 1. The number of rotatable bonds is 5. The molecule has 1 N–H and O–H groups in total. The summed E-state index contributed by atoms with van der Waals surface area (Å²) in [6, 6.07) is 0. The maximum atomic E-state index is 11.6. The predicted molar refractivity (Wildman–Crippen MR) is 74.5 cm³/mol. The number of amides is 1. The molecule has 0 spiro atoms. The van der Waals surface area contributed by atoms with Gasteiger partial charge in [-0.25, -0.2) is 8.42 Å². The fraction of sp³-hybridized carbons (Fsp3) is 0.500. The van der Waals surface area contributed by atoms with Crippen LogP contribution in [0.15, 0.2) is 24.4 Å². The van der Waals surface area contributed by atoms with Crippen LogP contribution in [0.5, 0.6) is 0 Å². The fourth-order valence-corrected chi connectivity index (χ4v) is 1.93. The van der Waals surface area contributed by atoms with Crippen molar-refractivity contribution in [3.05, 3.63) is 24.4 Å². The summed E-state index contributed by atoms with van der Waals surface area (Å²) in [4.78, 5) is 11.6. The smallest absolute Gasteiger partial charge is 0.225 e. The highest BCUT2D eigenvalue weighted by atomic mass is 32.2. The Bertz CT molecular complexity index is 567. The highest BCUT2D eigenvalue weighted by Crippen LogP contribution is 2.15. The molecule has 0 aliphatic rings. The van der Waals surface area contributed by atoms with E-state index in [4.69, 9.17) is 0 Å². The van der Waals surface area contributed by atoms with Crippen LogP contribution in [0.1, 0.15) is 27.2 Å². The molecule has 7 heteroatoms. The maximum Gasteiger partial charge on any atom is 0.225 e. The van der Waals surface area contributed by atoms with Crippen LogP contribution in [0.3, 0.4) is 0 Å². The van der Waals surface area contributed by atoms with Crippen molar-refractivity contribution in [3.63, 3.8) is 0 Å². The fourth-order valence-electron chi connectivity index (χ4n) is 1.30. The van der Waals surface area contributed by atoms with Crippen molar-refractivity contribution < 1.29 is 13.2 Å². The number of hydrogen-bond donors (Lipinski definition) is 1. The molecule has 1 rings (SSSR count). The summed E-state index contributed by atoms with van der Waals surface area (Å²) in [5.41, 5.74) is 0.380. The lowest BCUT2D eigenvalue weighted by atomic mass is 10.1. The molecule has 0 atom stereocenters. The highest BCUT2D eigenvalue weighted by molar-refractivity contribution is 7.94. The number of aromatic nitrogens is 2. The number of anilines is 1. The Morgan fingerprint density at radius 1 is 1.53 bits per heavy atom. The minimum Gasteiger partial charge on any atom is -0.323 e. The molecule has 0 aliphatic heterocycles. The Kier molecular flexibility index (Phi) is 4.52. The zero-order chi connectivity index (χ0) is 14.7. The molecule has 0 bridgehead atoms. The Hall–Kier alpha value is -1.63. The minimum atomic E-state index is -3.34.